The number of carboxylic acids is 1. The normalized spacial score (nSPS) is 13.4. The maximum Gasteiger partial charge on any atom is 0.503 e. The van der Waals surface area contributed by atoms with Crippen molar-refractivity contribution >= 4 is 14.8 Å². The Morgan fingerprint density at radius 1 is 1.00 bits per heavy atom. The van der Waals surface area contributed by atoms with Gasteiger partial charge in [-0.05, 0) is 19.3 Å². The highest BCUT2D eigenvalue weighted by atomic mass is 28.4. The molecule has 0 aliphatic rings. The molecule has 0 aromatic heterocycles. The first kappa shape index (κ1) is 19.6. The Labute approximate surface area is 124 Å². The molecule has 0 heterocycles. The van der Waals surface area contributed by atoms with Crippen molar-refractivity contribution in [3.05, 3.63) is 0 Å². The monoisotopic (exact) mass is 306 g/mol. The summed E-state index contributed by atoms with van der Waals surface area (Å²) in [5.41, 5.74) is 0.179. The number of aliphatic carboxylic acids is 1. The van der Waals surface area contributed by atoms with Gasteiger partial charge in [0.25, 0.3) is 0 Å². The van der Waals surface area contributed by atoms with E-state index >= 15 is 0 Å². The first-order valence-corrected chi connectivity index (χ1v) is 9.23. The van der Waals surface area contributed by atoms with Crippen molar-refractivity contribution < 1.29 is 23.2 Å². The zero-order valence-electron chi connectivity index (χ0n) is 13.3. The largest absolute Gasteiger partial charge is 0.503 e. The molecule has 6 heteroatoms. The summed E-state index contributed by atoms with van der Waals surface area (Å²) in [4.78, 5) is 10.7. The van der Waals surface area contributed by atoms with E-state index in [9.17, 15) is 4.79 Å². The van der Waals surface area contributed by atoms with Crippen LogP contribution in [0.15, 0.2) is 0 Å². The summed E-state index contributed by atoms with van der Waals surface area (Å²) in [6, 6.07) is 0. The first-order valence-electron chi connectivity index (χ1n) is 7.43. The van der Waals surface area contributed by atoms with Crippen LogP contribution < -0.4 is 0 Å². The van der Waals surface area contributed by atoms with Crippen molar-refractivity contribution in [3.63, 3.8) is 0 Å². The minimum absolute atomic E-state index is 0.179. The zero-order valence-corrected chi connectivity index (χ0v) is 14.3. The van der Waals surface area contributed by atoms with E-state index < -0.39 is 14.8 Å². The maximum absolute atomic E-state index is 10.7. The summed E-state index contributed by atoms with van der Waals surface area (Å²) >= 11 is 0. The molecule has 0 aromatic rings. The van der Waals surface area contributed by atoms with Crippen LogP contribution in [0, 0.1) is 0 Å². The fourth-order valence-corrected chi connectivity index (χ4v) is 5.18. The molecular formula is C14H30O5Si. The van der Waals surface area contributed by atoms with Crippen LogP contribution in [0.1, 0.15) is 58.3 Å². The van der Waals surface area contributed by atoms with Crippen LogP contribution in [0.5, 0.6) is 0 Å². The van der Waals surface area contributed by atoms with Gasteiger partial charge in [0.2, 0.25) is 0 Å². The highest BCUT2D eigenvalue weighted by Crippen LogP contribution is 2.34. The van der Waals surface area contributed by atoms with Crippen LogP contribution in [-0.2, 0) is 18.1 Å². The summed E-state index contributed by atoms with van der Waals surface area (Å²) in [5.74, 6) is -0.755. The average molecular weight is 306 g/mol. The van der Waals surface area contributed by atoms with E-state index in [0.717, 1.165) is 19.3 Å². The molecule has 0 aliphatic heterocycles. The van der Waals surface area contributed by atoms with Gasteiger partial charge in [-0.2, -0.15) is 0 Å². The molecule has 0 radical (unpaired) electrons. The lowest BCUT2D eigenvalue weighted by Gasteiger charge is -2.32. The van der Waals surface area contributed by atoms with Crippen molar-refractivity contribution in [3.8, 4) is 0 Å². The summed E-state index contributed by atoms with van der Waals surface area (Å²) in [6.07, 6.45) is 7.30. The van der Waals surface area contributed by atoms with Crippen LogP contribution in [0.2, 0.25) is 5.54 Å². The maximum atomic E-state index is 10.7. The Balaban J connectivity index is 4.53. The Morgan fingerprint density at radius 2 is 1.55 bits per heavy atom. The number of rotatable bonds is 13. The molecule has 1 atom stereocenters. The molecular weight excluding hydrogens is 276 g/mol. The fourth-order valence-electron chi connectivity index (χ4n) is 2.57. The van der Waals surface area contributed by atoms with Crippen molar-refractivity contribution in [1.82, 2.24) is 0 Å². The fraction of sp³-hybridized carbons (Fsp3) is 0.929. The Hall–Kier alpha value is -0.433. The van der Waals surface area contributed by atoms with Gasteiger partial charge < -0.3 is 18.4 Å². The molecule has 1 unspecified atom stereocenters. The van der Waals surface area contributed by atoms with Gasteiger partial charge in [-0.25, -0.2) is 0 Å². The first-order chi connectivity index (χ1) is 9.56. The van der Waals surface area contributed by atoms with Crippen LogP contribution in [-0.4, -0.2) is 41.2 Å². The Bertz CT molecular complexity index is 248. The molecule has 0 saturated heterocycles. The lowest BCUT2D eigenvalue weighted by molar-refractivity contribution is -0.137. The number of carboxylic acid groups (broad SMARTS) is 1. The van der Waals surface area contributed by atoms with E-state index in [1.54, 1.807) is 21.3 Å². The molecule has 0 bridgehead atoms. The molecule has 120 valence electrons. The molecule has 5 nitrogen and oxygen atoms in total. The number of unbranched alkanes of at least 4 members (excludes halogenated alkanes) is 3. The highest BCUT2D eigenvalue weighted by molar-refractivity contribution is 6.62. The van der Waals surface area contributed by atoms with E-state index in [4.69, 9.17) is 18.4 Å². The van der Waals surface area contributed by atoms with Gasteiger partial charge in [-0.1, -0.05) is 32.6 Å². The van der Waals surface area contributed by atoms with Crippen LogP contribution in [0.3, 0.4) is 0 Å². The standard InChI is InChI=1S/C14H30O5Si/c1-5-6-7-8-10-13(11-9-12-14(15)16)20(17-2,18-3)19-4/h13H,5-12H2,1-4H3,(H,15,16). The highest BCUT2D eigenvalue weighted by Gasteiger charge is 2.46. The molecule has 0 spiro atoms. The molecule has 1 N–H and O–H groups in total. The van der Waals surface area contributed by atoms with Gasteiger partial charge in [0, 0.05) is 33.3 Å². The summed E-state index contributed by atoms with van der Waals surface area (Å²) in [5, 5.41) is 8.76. The number of hydrogen-bond acceptors (Lipinski definition) is 4. The molecule has 0 saturated carbocycles. The number of carbonyl (C=O) groups is 1. The number of hydrogen-bond donors (Lipinski definition) is 1. The topological polar surface area (TPSA) is 65.0 Å². The van der Waals surface area contributed by atoms with Gasteiger partial charge in [0.1, 0.15) is 0 Å². The zero-order chi connectivity index (χ0) is 15.4. The average Bonchev–Trinajstić information content (AvgIpc) is 2.44. The lowest BCUT2D eigenvalue weighted by Crippen LogP contribution is -2.47. The predicted octanol–water partition coefficient (Wildman–Crippen LogP) is 3.46. The Kier molecular flexibility index (Phi) is 11.0. The second-order valence-corrected chi connectivity index (χ2v) is 8.30. The summed E-state index contributed by atoms with van der Waals surface area (Å²) < 4.78 is 16.7. The molecule has 20 heavy (non-hydrogen) atoms. The van der Waals surface area contributed by atoms with Crippen molar-refractivity contribution in [2.75, 3.05) is 21.3 Å². The van der Waals surface area contributed by atoms with Gasteiger partial charge in [0.05, 0.1) is 0 Å². The van der Waals surface area contributed by atoms with Crippen molar-refractivity contribution in [2.45, 2.75) is 63.8 Å². The van der Waals surface area contributed by atoms with Crippen LogP contribution >= 0.6 is 0 Å². The smallest absolute Gasteiger partial charge is 0.481 e. The lowest BCUT2D eigenvalue weighted by atomic mass is 10.1. The van der Waals surface area contributed by atoms with E-state index in [2.05, 4.69) is 6.92 Å². The third-order valence-corrected chi connectivity index (χ3v) is 6.99. The minimum Gasteiger partial charge on any atom is -0.481 e. The van der Waals surface area contributed by atoms with Gasteiger partial charge >= 0.3 is 14.8 Å². The molecule has 0 rings (SSSR count). The van der Waals surface area contributed by atoms with Crippen molar-refractivity contribution in [2.24, 2.45) is 0 Å². The predicted molar refractivity (Wildman–Crippen MR) is 80.8 cm³/mol. The second kappa shape index (κ2) is 11.3. The third-order valence-electron chi connectivity index (χ3n) is 3.70. The van der Waals surface area contributed by atoms with E-state index in [0.29, 0.717) is 6.42 Å². The minimum atomic E-state index is -2.67. The summed E-state index contributed by atoms with van der Waals surface area (Å²) in [6.45, 7) is 2.18. The molecule has 0 aromatic carbocycles. The van der Waals surface area contributed by atoms with Crippen LogP contribution in [0.4, 0.5) is 0 Å². The summed E-state index contributed by atoms with van der Waals surface area (Å²) in [7, 11) is 2.19. The van der Waals surface area contributed by atoms with E-state index in [1.165, 1.54) is 19.3 Å². The molecule has 0 aliphatic carbocycles. The SMILES string of the molecule is CCCCCCC(CCCC(=O)O)[Si](OC)(OC)OC. The molecule has 0 amide bonds. The molecule has 0 fully saturated rings. The van der Waals surface area contributed by atoms with E-state index in [-0.39, 0.29) is 12.0 Å². The quantitative estimate of drug-likeness (QED) is 0.417. The van der Waals surface area contributed by atoms with Gasteiger partial charge in [-0.15, -0.1) is 0 Å². The van der Waals surface area contributed by atoms with Crippen LogP contribution in [0.25, 0.3) is 0 Å². The van der Waals surface area contributed by atoms with E-state index in [1.807, 2.05) is 0 Å². The van der Waals surface area contributed by atoms with Crippen molar-refractivity contribution in [1.29, 1.82) is 0 Å². The third kappa shape index (κ3) is 6.83. The second-order valence-electron chi connectivity index (χ2n) is 5.05. The Morgan fingerprint density at radius 3 is 2.00 bits per heavy atom. The van der Waals surface area contributed by atoms with Gasteiger partial charge in [-0.3, -0.25) is 4.79 Å². The van der Waals surface area contributed by atoms with Gasteiger partial charge in [0.15, 0.2) is 0 Å².